The molecule has 0 aromatic rings. The van der Waals surface area contributed by atoms with Gasteiger partial charge in [0.25, 0.3) is 0 Å². The van der Waals surface area contributed by atoms with Gasteiger partial charge in [-0.1, -0.05) is 26.7 Å². The molecule has 0 N–H and O–H groups in total. The Kier molecular flexibility index (Phi) is 6.95. The van der Waals surface area contributed by atoms with Crippen LogP contribution >= 0.6 is 0 Å². The van der Waals surface area contributed by atoms with E-state index in [0.29, 0.717) is 12.5 Å². The first kappa shape index (κ1) is 17.4. The monoisotopic (exact) mass is 304 g/mol. The molecule has 0 aliphatic carbocycles. The fourth-order valence-electron chi connectivity index (χ4n) is 2.41. The zero-order valence-electron chi connectivity index (χ0n) is 13.0. The van der Waals surface area contributed by atoms with Gasteiger partial charge in [-0.05, 0) is 25.2 Å². The van der Waals surface area contributed by atoms with Gasteiger partial charge in [0, 0.05) is 19.6 Å². The van der Waals surface area contributed by atoms with E-state index in [1.165, 1.54) is 10.6 Å². The molecule has 0 atom stereocenters. The highest BCUT2D eigenvalue weighted by atomic mass is 32.2. The predicted molar refractivity (Wildman–Crippen MR) is 80.9 cm³/mol. The number of amides is 1. The average molecular weight is 304 g/mol. The number of rotatable bonds is 7. The number of likely N-dealkylation sites (tertiary alicyclic amines) is 1. The van der Waals surface area contributed by atoms with Crippen LogP contribution < -0.4 is 0 Å². The van der Waals surface area contributed by atoms with Crippen LogP contribution in [0.4, 0.5) is 0 Å². The SMILES string of the molecule is CCCCCN(CC(=O)N1CCC(C)CC1)S(C)(=O)=O. The van der Waals surface area contributed by atoms with E-state index in [2.05, 4.69) is 13.8 Å². The van der Waals surface area contributed by atoms with E-state index in [0.717, 1.165) is 45.2 Å². The molecule has 1 heterocycles. The number of carbonyl (C=O) groups is 1. The van der Waals surface area contributed by atoms with Gasteiger partial charge in [0.1, 0.15) is 0 Å². The number of carbonyl (C=O) groups excluding carboxylic acids is 1. The van der Waals surface area contributed by atoms with Crippen LogP contribution in [0, 0.1) is 5.92 Å². The first-order valence-electron chi connectivity index (χ1n) is 7.57. The number of sulfonamides is 1. The van der Waals surface area contributed by atoms with Crippen LogP contribution in [0.3, 0.4) is 0 Å². The quantitative estimate of drug-likeness (QED) is 0.673. The zero-order valence-corrected chi connectivity index (χ0v) is 13.8. The third-order valence-corrected chi connectivity index (χ3v) is 5.18. The van der Waals surface area contributed by atoms with Gasteiger partial charge < -0.3 is 4.90 Å². The van der Waals surface area contributed by atoms with Gasteiger partial charge in [-0.3, -0.25) is 4.79 Å². The minimum Gasteiger partial charge on any atom is -0.342 e. The Morgan fingerprint density at radius 2 is 1.85 bits per heavy atom. The van der Waals surface area contributed by atoms with Crippen molar-refractivity contribution in [3.63, 3.8) is 0 Å². The molecule has 1 amide bonds. The van der Waals surface area contributed by atoms with E-state index in [1.54, 1.807) is 4.90 Å². The number of unbranched alkanes of at least 4 members (excludes halogenated alkanes) is 2. The van der Waals surface area contributed by atoms with Gasteiger partial charge >= 0.3 is 0 Å². The smallest absolute Gasteiger partial charge is 0.237 e. The van der Waals surface area contributed by atoms with E-state index in [4.69, 9.17) is 0 Å². The Balaban J connectivity index is 2.53. The second kappa shape index (κ2) is 7.98. The van der Waals surface area contributed by atoms with E-state index in [-0.39, 0.29) is 12.5 Å². The molecule has 1 aliphatic heterocycles. The summed E-state index contributed by atoms with van der Waals surface area (Å²) >= 11 is 0. The summed E-state index contributed by atoms with van der Waals surface area (Å²) in [5.74, 6) is 0.605. The summed E-state index contributed by atoms with van der Waals surface area (Å²) in [6, 6.07) is 0. The number of piperidine rings is 1. The molecular formula is C14H28N2O3S. The fraction of sp³-hybridized carbons (Fsp3) is 0.929. The molecule has 0 unspecified atom stereocenters. The van der Waals surface area contributed by atoms with E-state index in [1.807, 2.05) is 0 Å². The number of hydrogen-bond acceptors (Lipinski definition) is 3. The van der Waals surface area contributed by atoms with Crippen molar-refractivity contribution in [2.24, 2.45) is 5.92 Å². The first-order chi connectivity index (χ1) is 9.34. The molecule has 20 heavy (non-hydrogen) atoms. The minimum absolute atomic E-state index is 0.00305. The maximum absolute atomic E-state index is 12.2. The summed E-state index contributed by atoms with van der Waals surface area (Å²) in [4.78, 5) is 14.0. The third kappa shape index (κ3) is 5.79. The van der Waals surface area contributed by atoms with Crippen molar-refractivity contribution < 1.29 is 13.2 Å². The molecule has 1 fully saturated rings. The highest BCUT2D eigenvalue weighted by Gasteiger charge is 2.25. The molecule has 0 spiro atoms. The van der Waals surface area contributed by atoms with Crippen LogP contribution in [0.1, 0.15) is 46.0 Å². The van der Waals surface area contributed by atoms with Gasteiger partial charge in [-0.15, -0.1) is 0 Å². The first-order valence-corrected chi connectivity index (χ1v) is 9.42. The minimum atomic E-state index is -3.30. The van der Waals surface area contributed by atoms with Crippen molar-refractivity contribution in [3.05, 3.63) is 0 Å². The lowest BCUT2D eigenvalue weighted by Crippen LogP contribution is -2.45. The van der Waals surface area contributed by atoms with Gasteiger partial charge in [0.05, 0.1) is 12.8 Å². The number of hydrogen-bond donors (Lipinski definition) is 0. The van der Waals surface area contributed by atoms with Crippen molar-refractivity contribution in [3.8, 4) is 0 Å². The van der Waals surface area contributed by atoms with Crippen LogP contribution in [-0.4, -0.2) is 56.0 Å². The Hall–Kier alpha value is -0.620. The van der Waals surface area contributed by atoms with Crippen molar-refractivity contribution in [2.75, 3.05) is 32.4 Å². The maximum Gasteiger partial charge on any atom is 0.237 e. The normalized spacial score (nSPS) is 17.7. The summed E-state index contributed by atoms with van der Waals surface area (Å²) in [5.41, 5.74) is 0. The standard InChI is InChI=1S/C14H28N2O3S/c1-4-5-6-9-16(20(3,18)19)12-14(17)15-10-7-13(2)8-11-15/h13H,4-12H2,1-3H3. The molecule has 5 nitrogen and oxygen atoms in total. The lowest BCUT2D eigenvalue weighted by molar-refractivity contribution is -0.132. The molecular weight excluding hydrogens is 276 g/mol. The van der Waals surface area contributed by atoms with Gasteiger partial charge in [-0.25, -0.2) is 8.42 Å². The molecule has 0 aromatic heterocycles. The van der Waals surface area contributed by atoms with Crippen LogP contribution in [-0.2, 0) is 14.8 Å². The van der Waals surface area contributed by atoms with E-state index >= 15 is 0 Å². The fourth-order valence-corrected chi connectivity index (χ4v) is 3.21. The molecule has 0 radical (unpaired) electrons. The van der Waals surface area contributed by atoms with Crippen LogP contribution in [0.5, 0.6) is 0 Å². The Bertz CT molecular complexity index is 401. The highest BCUT2D eigenvalue weighted by molar-refractivity contribution is 7.88. The molecule has 0 aromatic carbocycles. The van der Waals surface area contributed by atoms with E-state index < -0.39 is 10.0 Å². The average Bonchev–Trinajstić information content (AvgIpc) is 2.37. The molecule has 1 aliphatic rings. The summed E-state index contributed by atoms with van der Waals surface area (Å²) in [6.07, 6.45) is 6.05. The molecule has 118 valence electrons. The predicted octanol–water partition coefficient (Wildman–Crippen LogP) is 1.70. The third-order valence-electron chi connectivity index (χ3n) is 3.93. The second-order valence-corrected chi connectivity index (χ2v) is 7.85. The topological polar surface area (TPSA) is 57.7 Å². The largest absolute Gasteiger partial charge is 0.342 e. The van der Waals surface area contributed by atoms with Gasteiger partial charge in [0.2, 0.25) is 15.9 Å². The zero-order chi connectivity index (χ0) is 15.2. The Morgan fingerprint density at radius 3 is 2.35 bits per heavy atom. The summed E-state index contributed by atoms with van der Waals surface area (Å²) in [6.45, 7) is 6.22. The molecule has 1 saturated heterocycles. The van der Waals surface area contributed by atoms with Crippen molar-refractivity contribution in [1.82, 2.24) is 9.21 Å². The summed E-state index contributed by atoms with van der Waals surface area (Å²) in [7, 11) is -3.30. The Morgan fingerprint density at radius 1 is 1.25 bits per heavy atom. The number of nitrogens with zero attached hydrogens (tertiary/aromatic N) is 2. The van der Waals surface area contributed by atoms with Gasteiger partial charge in [-0.2, -0.15) is 4.31 Å². The summed E-state index contributed by atoms with van der Waals surface area (Å²) in [5, 5.41) is 0. The lowest BCUT2D eigenvalue weighted by Gasteiger charge is -2.32. The Labute approximate surface area is 123 Å². The van der Waals surface area contributed by atoms with Crippen molar-refractivity contribution in [1.29, 1.82) is 0 Å². The van der Waals surface area contributed by atoms with Crippen molar-refractivity contribution in [2.45, 2.75) is 46.0 Å². The summed E-state index contributed by atoms with van der Waals surface area (Å²) < 4.78 is 24.8. The van der Waals surface area contributed by atoms with Crippen molar-refractivity contribution >= 4 is 15.9 Å². The van der Waals surface area contributed by atoms with Crippen LogP contribution in [0.25, 0.3) is 0 Å². The molecule has 0 saturated carbocycles. The molecule has 1 rings (SSSR count). The molecule has 0 bridgehead atoms. The maximum atomic E-state index is 12.2. The van der Waals surface area contributed by atoms with Crippen LogP contribution in [0.15, 0.2) is 0 Å². The molecule has 6 heteroatoms. The second-order valence-electron chi connectivity index (χ2n) is 5.87. The van der Waals surface area contributed by atoms with E-state index in [9.17, 15) is 13.2 Å². The highest BCUT2D eigenvalue weighted by Crippen LogP contribution is 2.16. The van der Waals surface area contributed by atoms with Gasteiger partial charge in [0.15, 0.2) is 0 Å². The van der Waals surface area contributed by atoms with Crippen LogP contribution in [0.2, 0.25) is 0 Å². The lowest BCUT2D eigenvalue weighted by atomic mass is 9.99.